The van der Waals surface area contributed by atoms with Gasteiger partial charge in [-0.05, 0) is 92.2 Å². The number of aliphatic hydroxyl groups excluding tert-OH is 3. The second-order valence-electron chi connectivity index (χ2n) is 12.9. The van der Waals surface area contributed by atoms with Gasteiger partial charge < -0.3 is 40.1 Å². The van der Waals surface area contributed by atoms with Crippen molar-refractivity contribution in [2.24, 2.45) is 28.4 Å². The van der Waals surface area contributed by atoms with E-state index in [0.29, 0.717) is 5.92 Å². The molecule has 0 aromatic carbocycles. The summed E-state index contributed by atoms with van der Waals surface area (Å²) < 4.78 is 16.9. The summed E-state index contributed by atoms with van der Waals surface area (Å²) in [5, 5.41) is 42.3. The first-order chi connectivity index (χ1) is 18.5. The lowest BCUT2D eigenvalue weighted by Crippen LogP contribution is -2.60. The van der Waals surface area contributed by atoms with Crippen molar-refractivity contribution in [1.82, 2.24) is 0 Å². The predicted molar refractivity (Wildman–Crippen MR) is 141 cm³/mol. The quantitative estimate of drug-likeness (QED) is 0.360. The van der Waals surface area contributed by atoms with Gasteiger partial charge in [0.2, 0.25) is 0 Å². The van der Waals surface area contributed by atoms with Gasteiger partial charge in [0.05, 0.1) is 18.5 Å². The van der Waals surface area contributed by atoms with Crippen LogP contribution in [-0.2, 0) is 9.47 Å². The molecule has 2 heterocycles. The zero-order valence-corrected chi connectivity index (χ0v) is 22.7. The van der Waals surface area contributed by atoms with Gasteiger partial charge >= 0.3 is 11.6 Å². The molecule has 0 radical (unpaired) electrons. The summed E-state index contributed by atoms with van der Waals surface area (Å²) in [4.78, 5) is 11.5. The molecule has 0 saturated heterocycles. The zero-order valence-electron chi connectivity index (χ0n) is 22.7. The molecule has 1 aromatic heterocycles. The fraction of sp³-hybridized carbons (Fsp3) is 0.700. The van der Waals surface area contributed by atoms with Crippen molar-refractivity contribution in [3.8, 4) is 0 Å². The maximum absolute atomic E-state index is 12.4. The molecule has 4 aliphatic carbocycles. The van der Waals surface area contributed by atoms with Gasteiger partial charge in [0, 0.05) is 11.5 Å². The van der Waals surface area contributed by atoms with E-state index < -0.39 is 30.5 Å². The average molecular weight is 544 g/mol. The van der Waals surface area contributed by atoms with Gasteiger partial charge in [-0.15, -0.1) is 0 Å². The number of fused-ring (bicyclic) bond motifs is 5. The van der Waals surface area contributed by atoms with Crippen LogP contribution in [0.3, 0.4) is 0 Å². The molecule has 6 N–H and O–H groups in total. The Morgan fingerprint density at radius 3 is 2.59 bits per heavy atom. The third-order valence-electron chi connectivity index (χ3n) is 11.3. The van der Waals surface area contributed by atoms with Crippen molar-refractivity contribution in [2.75, 3.05) is 6.61 Å². The Labute approximate surface area is 228 Å². The highest BCUT2D eigenvalue weighted by Crippen LogP contribution is 2.70. The molecule has 214 valence electrons. The molecule has 0 amide bonds. The summed E-state index contributed by atoms with van der Waals surface area (Å²) in [7, 11) is 0. The summed E-state index contributed by atoms with van der Waals surface area (Å²) in [6, 6.07) is 3.35. The molecule has 5 aliphatic rings. The van der Waals surface area contributed by atoms with E-state index in [1.807, 2.05) is 6.07 Å². The maximum Gasteiger partial charge on any atom is 0.335 e. The van der Waals surface area contributed by atoms with E-state index in [2.05, 4.69) is 19.9 Å². The molecule has 9 heteroatoms. The minimum atomic E-state index is -1.36. The van der Waals surface area contributed by atoms with Crippen molar-refractivity contribution in [3.63, 3.8) is 0 Å². The van der Waals surface area contributed by atoms with Crippen LogP contribution in [-0.4, -0.2) is 57.0 Å². The van der Waals surface area contributed by atoms with E-state index in [1.54, 1.807) is 6.26 Å². The summed E-state index contributed by atoms with van der Waals surface area (Å²) in [5.74, 6) is 0.684. The molecule has 6 rings (SSSR count). The average Bonchev–Trinajstić information content (AvgIpc) is 3.20. The molecule has 4 unspecified atom stereocenters. The van der Waals surface area contributed by atoms with Crippen LogP contribution >= 0.6 is 0 Å². The number of allylic oxidation sites excluding steroid dienone is 1. The molecular weight excluding hydrogens is 502 g/mol. The van der Waals surface area contributed by atoms with Gasteiger partial charge in [0.25, 0.3) is 0 Å². The normalized spacial score (nSPS) is 45.5. The van der Waals surface area contributed by atoms with E-state index in [-0.39, 0.29) is 46.0 Å². The Morgan fingerprint density at radius 1 is 1.08 bits per heavy atom. The second-order valence-corrected chi connectivity index (χ2v) is 12.9. The monoisotopic (exact) mass is 543 g/mol. The Balaban J connectivity index is 1.23. The van der Waals surface area contributed by atoms with E-state index in [1.165, 1.54) is 11.6 Å². The van der Waals surface area contributed by atoms with Crippen molar-refractivity contribution in [3.05, 3.63) is 57.7 Å². The summed E-state index contributed by atoms with van der Waals surface area (Å²) >= 11 is 0. The first kappa shape index (κ1) is 26.9. The van der Waals surface area contributed by atoms with Crippen molar-refractivity contribution >= 4 is 0 Å². The Hall–Kier alpha value is -2.33. The predicted octanol–water partition coefficient (Wildman–Crippen LogP) is 2.43. The lowest BCUT2D eigenvalue weighted by atomic mass is 9.45. The topological polar surface area (TPSA) is 156 Å². The SMILES string of the molecule is C[C@]12CC[C@H](OC3=C(N)C(O)[C@H](O)C(CO)O3)C=C1CCC1C2CC[C@]2(C)[C@@H](c3ccc(=O)oc3)CC[C@]12O. The molecule has 1 aliphatic heterocycles. The number of ether oxygens (including phenoxy) is 2. The highest BCUT2D eigenvalue weighted by molar-refractivity contribution is 5.31. The zero-order chi connectivity index (χ0) is 27.7. The van der Waals surface area contributed by atoms with Gasteiger partial charge in [-0.25, -0.2) is 4.79 Å². The van der Waals surface area contributed by atoms with Gasteiger partial charge in [-0.2, -0.15) is 0 Å². The van der Waals surface area contributed by atoms with Gasteiger partial charge in [0.1, 0.15) is 24.0 Å². The third-order valence-corrected chi connectivity index (χ3v) is 11.3. The minimum Gasteiger partial charge on any atom is -0.457 e. The lowest BCUT2D eigenvalue weighted by molar-refractivity contribution is -0.179. The first-order valence-electron chi connectivity index (χ1n) is 14.3. The van der Waals surface area contributed by atoms with Crippen LogP contribution in [0, 0.1) is 22.7 Å². The molecule has 0 spiro atoms. The van der Waals surface area contributed by atoms with Crippen LogP contribution < -0.4 is 11.4 Å². The summed E-state index contributed by atoms with van der Waals surface area (Å²) in [5.41, 5.74) is 6.83. The fourth-order valence-electron chi connectivity index (χ4n) is 9.02. The fourth-order valence-corrected chi connectivity index (χ4v) is 9.02. The van der Waals surface area contributed by atoms with Crippen LogP contribution in [0.1, 0.15) is 76.7 Å². The van der Waals surface area contributed by atoms with Crippen LogP contribution in [0.2, 0.25) is 0 Å². The first-order valence-corrected chi connectivity index (χ1v) is 14.3. The van der Waals surface area contributed by atoms with E-state index in [4.69, 9.17) is 19.6 Å². The van der Waals surface area contributed by atoms with Crippen LogP contribution in [0.25, 0.3) is 0 Å². The molecule has 3 saturated carbocycles. The summed E-state index contributed by atoms with van der Waals surface area (Å²) in [6.07, 6.45) is 6.75. The highest BCUT2D eigenvalue weighted by Gasteiger charge is 2.66. The van der Waals surface area contributed by atoms with Crippen LogP contribution in [0.5, 0.6) is 0 Å². The van der Waals surface area contributed by atoms with Crippen molar-refractivity contribution < 1.29 is 34.3 Å². The number of hydrogen-bond acceptors (Lipinski definition) is 9. The number of aliphatic hydroxyl groups is 4. The molecule has 0 bridgehead atoms. The highest BCUT2D eigenvalue weighted by atomic mass is 16.7. The van der Waals surface area contributed by atoms with Crippen LogP contribution in [0.4, 0.5) is 0 Å². The minimum absolute atomic E-state index is 0.0255. The second kappa shape index (κ2) is 9.36. The standard InChI is InChI=1S/C30H41NO8/c1-28-10-7-18(38-27-24(31)26(35)25(34)22(14-32)39-27)13-17(28)4-5-21-20(28)8-11-29(2)19(9-12-30(21,29)36)16-3-6-23(33)37-15-16/h3,6,13,15,18-22,25-26,32,34-36H,4-5,7-12,14,31H2,1-2H3/t18-,19+,20?,21?,22?,25+,26?,28-,29+,30-/m0/s1. The number of rotatable bonds is 4. The lowest BCUT2D eigenvalue weighted by Gasteiger charge is -2.61. The number of nitrogens with two attached hydrogens (primary N) is 1. The largest absolute Gasteiger partial charge is 0.457 e. The number of hydrogen-bond donors (Lipinski definition) is 5. The van der Waals surface area contributed by atoms with E-state index in [9.17, 15) is 25.2 Å². The molecule has 3 fully saturated rings. The molecule has 10 atom stereocenters. The van der Waals surface area contributed by atoms with E-state index >= 15 is 0 Å². The maximum atomic E-state index is 12.4. The molecular formula is C30H41NO8. The summed E-state index contributed by atoms with van der Waals surface area (Å²) in [6.45, 7) is 4.10. The molecule has 1 aromatic rings. The molecule has 9 nitrogen and oxygen atoms in total. The third kappa shape index (κ3) is 3.91. The van der Waals surface area contributed by atoms with Crippen LogP contribution in [0.15, 0.2) is 50.9 Å². The van der Waals surface area contributed by atoms with Gasteiger partial charge in [-0.1, -0.05) is 19.4 Å². The smallest absolute Gasteiger partial charge is 0.335 e. The molecule has 39 heavy (non-hydrogen) atoms. The Bertz CT molecular complexity index is 1220. The van der Waals surface area contributed by atoms with Gasteiger partial charge in [0.15, 0.2) is 6.10 Å². The van der Waals surface area contributed by atoms with Crippen molar-refractivity contribution in [1.29, 1.82) is 0 Å². The van der Waals surface area contributed by atoms with E-state index in [0.717, 1.165) is 56.9 Å². The Kier molecular flexibility index (Phi) is 6.45. The van der Waals surface area contributed by atoms with Gasteiger partial charge in [-0.3, -0.25) is 0 Å². The Morgan fingerprint density at radius 2 is 1.87 bits per heavy atom. The van der Waals surface area contributed by atoms with Crippen molar-refractivity contribution in [2.45, 2.75) is 101 Å².